The SMILES string of the molecule is CS(=O)(=O)CC1(CC(=O)N[C@H]2CCCNC2)CC1. The van der Waals surface area contributed by atoms with E-state index < -0.39 is 9.84 Å². The fourth-order valence-electron chi connectivity index (χ4n) is 2.70. The Bertz CT molecular complexity index is 409. The van der Waals surface area contributed by atoms with Crippen LogP contribution in [0.5, 0.6) is 0 Å². The summed E-state index contributed by atoms with van der Waals surface area (Å²) >= 11 is 0. The molecule has 1 saturated carbocycles. The van der Waals surface area contributed by atoms with Crippen molar-refractivity contribution in [1.29, 1.82) is 0 Å². The molecule has 0 spiro atoms. The highest BCUT2D eigenvalue weighted by molar-refractivity contribution is 7.90. The van der Waals surface area contributed by atoms with E-state index in [0.717, 1.165) is 38.8 Å². The van der Waals surface area contributed by atoms with E-state index in [4.69, 9.17) is 0 Å². The number of hydrogen-bond donors (Lipinski definition) is 2. The minimum absolute atomic E-state index is 0.00449. The molecule has 0 unspecified atom stereocenters. The third-order valence-corrected chi connectivity index (χ3v) is 4.86. The monoisotopic (exact) mass is 274 g/mol. The van der Waals surface area contributed by atoms with Crippen LogP contribution in [0.2, 0.25) is 0 Å². The summed E-state index contributed by atoms with van der Waals surface area (Å²) in [4.78, 5) is 11.9. The number of hydrogen-bond acceptors (Lipinski definition) is 4. The van der Waals surface area contributed by atoms with Gasteiger partial charge in [0, 0.05) is 25.3 Å². The molecule has 2 rings (SSSR count). The molecule has 1 amide bonds. The van der Waals surface area contributed by atoms with Gasteiger partial charge >= 0.3 is 0 Å². The van der Waals surface area contributed by atoms with Gasteiger partial charge < -0.3 is 10.6 Å². The molecule has 0 aromatic rings. The molecule has 6 heteroatoms. The summed E-state index contributed by atoms with van der Waals surface area (Å²) in [5, 5.41) is 6.25. The van der Waals surface area contributed by atoms with Crippen LogP contribution in [0.1, 0.15) is 32.1 Å². The first kappa shape index (κ1) is 13.8. The van der Waals surface area contributed by atoms with E-state index in [0.29, 0.717) is 6.42 Å². The van der Waals surface area contributed by atoms with Gasteiger partial charge in [-0.25, -0.2) is 8.42 Å². The van der Waals surface area contributed by atoms with Crippen LogP contribution in [0.15, 0.2) is 0 Å². The van der Waals surface area contributed by atoms with Gasteiger partial charge in [-0.3, -0.25) is 4.79 Å². The van der Waals surface area contributed by atoms with E-state index in [1.165, 1.54) is 6.26 Å². The highest BCUT2D eigenvalue weighted by Crippen LogP contribution is 2.49. The zero-order valence-corrected chi connectivity index (χ0v) is 11.7. The summed E-state index contributed by atoms with van der Waals surface area (Å²) in [5.41, 5.74) is -0.264. The van der Waals surface area contributed by atoms with Gasteiger partial charge in [-0.15, -0.1) is 0 Å². The molecular formula is C12H22N2O3S. The number of carbonyl (C=O) groups is 1. The second-order valence-electron chi connectivity index (χ2n) is 5.86. The minimum Gasteiger partial charge on any atom is -0.352 e. The van der Waals surface area contributed by atoms with Gasteiger partial charge in [-0.2, -0.15) is 0 Å². The molecule has 18 heavy (non-hydrogen) atoms. The molecular weight excluding hydrogens is 252 g/mol. The van der Waals surface area contributed by atoms with E-state index in [1.807, 2.05) is 0 Å². The van der Waals surface area contributed by atoms with E-state index in [-0.39, 0.29) is 23.1 Å². The summed E-state index contributed by atoms with van der Waals surface area (Å²) in [5.74, 6) is 0.154. The predicted octanol–water partition coefficient (Wildman–Crippen LogP) is 0.0695. The first-order chi connectivity index (χ1) is 8.39. The van der Waals surface area contributed by atoms with Crippen molar-refractivity contribution in [2.75, 3.05) is 25.1 Å². The highest BCUT2D eigenvalue weighted by atomic mass is 32.2. The molecule has 1 atom stereocenters. The summed E-state index contributed by atoms with van der Waals surface area (Å²) in [6, 6.07) is 0.209. The highest BCUT2D eigenvalue weighted by Gasteiger charge is 2.46. The summed E-state index contributed by atoms with van der Waals surface area (Å²) in [7, 11) is -2.99. The largest absolute Gasteiger partial charge is 0.352 e. The average molecular weight is 274 g/mol. The molecule has 5 nitrogen and oxygen atoms in total. The molecule has 104 valence electrons. The third-order valence-electron chi connectivity index (χ3n) is 3.72. The van der Waals surface area contributed by atoms with Crippen molar-refractivity contribution in [3.05, 3.63) is 0 Å². The predicted molar refractivity (Wildman–Crippen MR) is 70.0 cm³/mol. The van der Waals surface area contributed by atoms with E-state index >= 15 is 0 Å². The van der Waals surface area contributed by atoms with Crippen LogP contribution in [-0.2, 0) is 14.6 Å². The molecule has 2 N–H and O–H groups in total. The van der Waals surface area contributed by atoms with Gasteiger partial charge in [-0.1, -0.05) is 0 Å². The number of piperidine rings is 1. The quantitative estimate of drug-likeness (QED) is 0.744. The molecule has 0 aromatic carbocycles. The van der Waals surface area contributed by atoms with Crippen LogP contribution in [-0.4, -0.2) is 45.5 Å². The lowest BCUT2D eigenvalue weighted by Crippen LogP contribution is -2.46. The Morgan fingerprint density at radius 3 is 2.67 bits per heavy atom. The van der Waals surface area contributed by atoms with Crippen molar-refractivity contribution in [2.24, 2.45) is 5.41 Å². The maximum absolute atomic E-state index is 11.9. The lowest BCUT2D eigenvalue weighted by atomic mass is 10.0. The second kappa shape index (κ2) is 5.17. The lowest BCUT2D eigenvalue weighted by molar-refractivity contribution is -0.122. The molecule has 1 saturated heterocycles. The van der Waals surface area contributed by atoms with Crippen LogP contribution < -0.4 is 10.6 Å². The Morgan fingerprint density at radius 2 is 2.17 bits per heavy atom. The Balaban J connectivity index is 1.80. The van der Waals surface area contributed by atoms with E-state index in [9.17, 15) is 13.2 Å². The van der Waals surface area contributed by atoms with E-state index in [1.54, 1.807) is 0 Å². The normalized spacial score (nSPS) is 26.6. The Morgan fingerprint density at radius 1 is 1.44 bits per heavy atom. The van der Waals surface area contributed by atoms with Crippen LogP contribution in [0, 0.1) is 5.41 Å². The third kappa shape index (κ3) is 4.24. The summed E-state index contributed by atoms with van der Waals surface area (Å²) < 4.78 is 22.6. The standard InChI is InChI=1S/C12H22N2O3S/c1-18(16,17)9-12(4-5-12)7-11(15)14-10-3-2-6-13-8-10/h10,13H,2-9H2,1H3,(H,14,15)/t10-/m0/s1. The Kier molecular flexibility index (Phi) is 3.96. The number of nitrogens with one attached hydrogen (secondary N) is 2. The molecule has 1 heterocycles. The maximum atomic E-state index is 11.9. The van der Waals surface area contributed by atoms with Gasteiger partial charge in [0.2, 0.25) is 5.91 Å². The van der Waals surface area contributed by atoms with Gasteiger partial charge in [-0.05, 0) is 37.6 Å². The zero-order chi connectivity index (χ0) is 13.2. The van der Waals surface area contributed by atoms with Crippen molar-refractivity contribution < 1.29 is 13.2 Å². The van der Waals surface area contributed by atoms with Gasteiger partial charge in [0.25, 0.3) is 0 Å². The lowest BCUT2D eigenvalue weighted by Gasteiger charge is -2.24. The molecule has 0 bridgehead atoms. The number of rotatable bonds is 5. The fraction of sp³-hybridized carbons (Fsp3) is 0.917. The van der Waals surface area contributed by atoms with Gasteiger partial charge in [0.1, 0.15) is 9.84 Å². The first-order valence-electron chi connectivity index (χ1n) is 6.56. The Labute approximate surface area is 109 Å². The molecule has 1 aliphatic heterocycles. The van der Waals surface area contributed by atoms with Crippen LogP contribution in [0.4, 0.5) is 0 Å². The van der Waals surface area contributed by atoms with Crippen LogP contribution in [0.25, 0.3) is 0 Å². The fourth-order valence-corrected chi connectivity index (χ4v) is 4.20. The van der Waals surface area contributed by atoms with Crippen LogP contribution in [0.3, 0.4) is 0 Å². The van der Waals surface area contributed by atoms with Crippen molar-refractivity contribution in [3.63, 3.8) is 0 Å². The number of carbonyl (C=O) groups excluding carboxylic acids is 1. The smallest absolute Gasteiger partial charge is 0.220 e. The van der Waals surface area contributed by atoms with Crippen molar-refractivity contribution in [3.8, 4) is 0 Å². The molecule has 2 fully saturated rings. The molecule has 0 radical (unpaired) electrons. The Hall–Kier alpha value is -0.620. The molecule has 2 aliphatic rings. The maximum Gasteiger partial charge on any atom is 0.220 e. The van der Waals surface area contributed by atoms with Gasteiger partial charge in [0.15, 0.2) is 0 Å². The zero-order valence-electron chi connectivity index (χ0n) is 10.9. The van der Waals surface area contributed by atoms with Gasteiger partial charge in [0.05, 0.1) is 5.75 Å². The van der Waals surface area contributed by atoms with Crippen molar-refractivity contribution in [2.45, 2.75) is 38.1 Å². The van der Waals surface area contributed by atoms with Crippen molar-refractivity contribution in [1.82, 2.24) is 10.6 Å². The number of sulfone groups is 1. The second-order valence-corrected chi connectivity index (χ2v) is 8.00. The minimum atomic E-state index is -2.99. The van der Waals surface area contributed by atoms with E-state index in [2.05, 4.69) is 10.6 Å². The molecule has 1 aliphatic carbocycles. The first-order valence-corrected chi connectivity index (χ1v) is 8.62. The summed E-state index contributed by atoms with van der Waals surface area (Å²) in [6.45, 7) is 1.84. The topological polar surface area (TPSA) is 75.3 Å². The number of amides is 1. The summed E-state index contributed by atoms with van der Waals surface area (Å²) in [6.07, 6.45) is 5.41. The van der Waals surface area contributed by atoms with Crippen molar-refractivity contribution >= 4 is 15.7 Å². The van der Waals surface area contributed by atoms with Crippen LogP contribution >= 0.6 is 0 Å². The average Bonchev–Trinajstić information content (AvgIpc) is 2.95. The molecule has 0 aromatic heterocycles.